The van der Waals surface area contributed by atoms with Crippen molar-refractivity contribution >= 4 is 5.91 Å². The van der Waals surface area contributed by atoms with Crippen LogP contribution in [0.4, 0.5) is 4.39 Å². The molecule has 1 saturated heterocycles. The van der Waals surface area contributed by atoms with E-state index in [1.165, 1.54) is 10.9 Å². The van der Waals surface area contributed by atoms with Gasteiger partial charge in [0.25, 0.3) is 5.91 Å². The standard InChI is InChI=1S/C22H23FN6O3/c23-12-16(13-24)14-29-22(31)28(15-26-29)19-5-6-25-20(11-19)17-1-3-18(4-2-17)21(30)27-7-9-32-10-8-27/h1-6,11-12,15H,7-10,13-14,24H2/b16-12+. The second-order valence-electron chi connectivity index (χ2n) is 7.29. The summed E-state index contributed by atoms with van der Waals surface area (Å²) in [6.07, 6.45) is 3.36. The Morgan fingerprint density at radius 2 is 1.94 bits per heavy atom. The van der Waals surface area contributed by atoms with Crippen LogP contribution in [0.15, 0.2) is 65.6 Å². The molecule has 0 unspecified atom stereocenters. The van der Waals surface area contributed by atoms with Crippen LogP contribution in [0.2, 0.25) is 0 Å². The maximum Gasteiger partial charge on any atom is 0.350 e. The summed E-state index contributed by atoms with van der Waals surface area (Å²) < 4.78 is 20.6. The van der Waals surface area contributed by atoms with Crippen LogP contribution in [0.5, 0.6) is 0 Å². The van der Waals surface area contributed by atoms with Gasteiger partial charge in [-0.25, -0.2) is 18.4 Å². The summed E-state index contributed by atoms with van der Waals surface area (Å²) >= 11 is 0. The van der Waals surface area contributed by atoms with Crippen molar-refractivity contribution in [2.24, 2.45) is 5.73 Å². The molecule has 9 nitrogen and oxygen atoms in total. The number of halogens is 1. The number of benzene rings is 1. The quantitative estimate of drug-likeness (QED) is 0.623. The summed E-state index contributed by atoms with van der Waals surface area (Å²) in [6.45, 7) is 2.25. The molecule has 1 fully saturated rings. The number of hydrogen-bond donors (Lipinski definition) is 1. The molecule has 1 aliphatic rings. The van der Waals surface area contributed by atoms with Gasteiger partial charge in [-0.15, -0.1) is 0 Å². The lowest BCUT2D eigenvalue weighted by Crippen LogP contribution is -2.40. The van der Waals surface area contributed by atoms with E-state index in [0.29, 0.717) is 49.6 Å². The maximum absolute atomic E-state index is 12.8. The van der Waals surface area contributed by atoms with Crippen molar-refractivity contribution in [2.75, 3.05) is 32.8 Å². The summed E-state index contributed by atoms with van der Waals surface area (Å²) in [5.41, 5.74) is 7.91. The zero-order valence-electron chi connectivity index (χ0n) is 17.4. The van der Waals surface area contributed by atoms with Crippen LogP contribution >= 0.6 is 0 Å². The van der Waals surface area contributed by atoms with Gasteiger partial charge in [-0.3, -0.25) is 9.78 Å². The fourth-order valence-electron chi connectivity index (χ4n) is 3.42. The van der Waals surface area contributed by atoms with Crippen molar-refractivity contribution in [2.45, 2.75) is 6.54 Å². The minimum atomic E-state index is -0.415. The average molecular weight is 438 g/mol. The van der Waals surface area contributed by atoms with Crippen LogP contribution in [-0.4, -0.2) is 63.0 Å². The van der Waals surface area contributed by atoms with E-state index in [-0.39, 0.29) is 24.6 Å². The van der Waals surface area contributed by atoms with E-state index in [1.54, 1.807) is 35.4 Å². The van der Waals surface area contributed by atoms with E-state index < -0.39 is 5.69 Å². The number of morpholine rings is 1. The van der Waals surface area contributed by atoms with Crippen LogP contribution in [-0.2, 0) is 11.3 Å². The largest absolute Gasteiger partial charge is 0.378 e. The fourth-order valence-corrected chi connectivity index (χ4v) is 3.42. The molecule has 4 rings (SSSR count). The summed E-state index contributed by atoms with van der Waals surface area (Å²) in [7, 11) is 0. The van der Waals surface area contributed by atoms with Crippen LogP contribution < -0.4 is 11.4 Å². The van der Waals surface area contributed by atoms with Crippen LogP contribution in [0.3, 0.4) is 0 Å². The van der Waals surface area contributed by atoms with Crippen LogP contribution in [0, 0.1) is 0 Å². The molecule has 0 atom stereocenters. The lowest BCUT2D eigenvalue weighted by atomic mass is 10.1. The number of pyridine rings is 1. The van der Waals surface area contributed by atoms with E-state index in [1.807, 2.05) is 12.1 Å². The van der Waals surface area contributed by atoms with Gasteiger partial charge < -0.3 is 15.4 Å². The number of carbonyl (C=O) groups excluding carboxylic acids is 1. The number of amides is 1. The van der Waals surface area contributed by atoms with Crippen LogP contribution in [0.25, 0.3) is 16.9 Å². The average Bonchev–Trinajstić information content (AvgIpc) is 3.22. The van der Waals surface area contributed by atoms with Gasteiger partial charge >= 0.3 is 5.69 Å². The van der Waals surface area contributed by atoms with Gasteiger partial charge in [-0.05, 0) is 29.8 Å². The first kappa shape index (κ1) is 21.6. The van der Waals surface area contributed by atoms with E-state index in [0.717, 1.165) is 10.2 Å². The zero-order chi connectivity index (χ0) is 22.5. The molecule has 0 bridgehead atoms. The number of carbonyl (C=O) groups is 1. The molecule has 3 aromatic rings. The third-order valence-electron chi connectivity index (χ3n) is 5.25. The van der Waals surface area contributed by atoms with Gasteiger partial charge in [0, 0.05) is 37.0 Å². The first-order valence-electron chi connectivity index (χ1n) is 10.2. The number of nitrogens with zero attached hydrogens (tertiary/aromatic N) is 5. The van der Waals surface area contributed by atoms with Gasteiger partial charge in [0.2, 0.25) is 0 Å². The van der Waals surface area contributed by atoms with Crippen molar-refractivity contribution in [3.8, 4) is 16.9 Å². The third kappa shape index (κ3) is 4.51. The molecule has 0 aliphatic carbocycles. The minimum Gasteiger partial charge on any atom is -0.378 e. The predicted octanol–water partition coefficient (Wildman–Crippen LogP) is 1.38. The molecule has 0 radical (unpaired) electrons. The van der Waals surface area contributed by atoms with Crippen molar-refractivity contribution < 1.29 is 13.9 Å². The minimum absolute atomic E-state index is 0.000753. The first-order chi connectivity index (χ1) is 15.6. The van der Waals surface area contributed by atoms with Crippen molar-refractivity contribution in [1.29, 1.82) is 0 Å². The molecular formula is C22H23FN6O3. The van der Waals surface area contributed by atoms with Gasteiger partial charge in [-0.1, -0.05) is 12.1 Å². The lowest BCUT2D eigenvalue weighted by molar-refractivity contribution is 0.0303. The summed E-state index contributed by atoms with van der Waals surface area (Å²) in [5.74, 6) is -0.0281. The summed E-state index contributed by atoms with van der Waals surface area (Å²) in [5, 5.41) is 4.04. The third-order valence-corrected chi connectivity index (χ3v) is 5.25. The highest BCUT2D eigenvalue weighted by atomic mass is 19.1. The molecule has 1 aromatic carbocycles. The Morgan fingerprint density at radius 1 is 1.19 bits per heavy atom. The van der Waals surface area contributed by atoms with E-state index in [2.05, 4.69) is 10.1 Å². The molecule has 0 spiro atoms. The Morgan fingerprint density at radius 3 is 2.62 bits per heavy atom. The lowest BCUT2D eigenvalue weighted by Gasteiger charge is -2.26. The van der Waals surface area contributed by atoms with Gasteiger partial charge in [-0.2, -0.15) is 5.10 Å². The highest BCUT2D eigenvalue weighted by Gasteiger charge is 2.18. The topological polar surface area (TPSA) is 108 Å². The fraction of sp³-hybridized carbons (Fsp3) is 0.273. The van der Waals surface area contributed by atoms with Gasteiger partial charge in [0.05, 0.1) is 37.5 Å². The molecule has 2 aromatic heterocycles. The molecule has 166 valence electrons. The molecule has 3 heterocycles. The Balaban J connectivity index is 1.55. The highest BCUT2D eigenvalue weighted by molar-refractivity contribution is 5.94. The van der Waals surface area contributed by atoms with E-state index in [9.17, 15) is 14.0 Å². The second kappa shape index (κ2) is 9.67. The number of ether oxygens (including phenoxy) is 1. The summed E-state index contributed by atoms with van der Waals surface area (Å²) in [6, 6.07) is 10.6. The summed E-state index contributed by atoms with van der Waals surface area (Å²) in [4.78, 5) is 31.4. The molecule has 1 aliphatic heterocycles. The monoisotopic (exact) mass is 438 g/mol. The smallest absolute Gasteiger partial charge is 0.350 e. The van der Waals surface area contributed by atoms with E-state index in [4.69, 9.17) is 10.5 Å². The van der Waals surface area contributed by atoms with Crippen molar-refractivity contribution in [1.82, 2.24) is 24.2 Å². The zero-order valence-corrected chi connectivity index (χ0v) is 17.4. The maximum atomic E-state index is 12.8. The molecule has 0 saturated carbocycles. The van der Waals surface area contributed by atoms with Gasteiger partial charge in [0.1, 0.15) is 6.33 Å². The normalized spacial score (nSPS) is 14.6. The number of nitrogens with two attached hydrogens (primary N) is 1. The Hall–Kier alpha value is -3.63. The Bertz CT molecular complexity index is 1180. The molecule has 1 amide bonds. The highest BCUT2D eigenvalue weighted by Crippen LogP contribution is 2.20. The van der Waals surface area contributed by atoms with Gasteiger partial charge in [0.15, 0.2) is 0 Å². The van der Waals surface area contributed by atoms with E-state index >= 15 is 0 Å². The Kier molecular flexibility index (Phi) is 6.52. The number of rotatable bonds is 6. The number of hydrogen-bond acceptors (Lipinski definition) is 6. The SMILES string of the molecule is NC/C(=C\F)Cn1ncn(-c2ccnc(-c3ccc(C(=O)N4CCOCC4)cc3)c2)c1=O. The number of aromatic nitrogens is 4. The predicted molar refractivity (Wildman–Crippen MR) is 116 cm³/mol. The molecular weight excluding hydrogens is 415 g/mol. The Labute approximate surface area is 183 Å². The second-order valence-corrected chi connectivity index (χ2v) is 7.29. The molecule has 2 N–H and O–H groups in total. The van der Waals surface area contributed by atoms with Crippen molar-refractivity contribution in [3.63, 3.8) is 0 Å². The molecule has 32 heavy (non-hydrogen) atoms. The van der Waals surface area contributed by atoms with Crippen LogP contribution in [0.1, 0.15) is 10.4 Å². The molecule has 10 heteroatoms. The van der Waals surface area contributed by atoms with Crippen molar-refractivity contribution in [3.05, 3.63) is 76.9 Å². The first-order valence-corrected chi connectivity index (χ1v) is 10.2.